The molecule has 8 nitrogen and oxygen atoms in total. The van der Waals surface area contributed by atoms with Gasteiger partial charge in [0.25, 0.3) is 11.5 Å². The molecule has 1 amide bonds. The third-order valence-corrected chi connectivity index (χ3v) is 4.83. The minimum Gasteiger partial charge on any atom is -0.497 e. The van der Waals surface area contributed by atoms with E-state index in [0.717, 1.165) is 42.7 Å². The summed E-state index contributed by atoms with van der Waals surface area (Å²) < 4.78 is 11.7. The van der Waals surface area contributed by atoms with E-state index in [-0.39, 0.29) is 23.8 Å². The Bertz CT molecular complexity index is 954. The zero-order valence-electron chi connectivity index (χ0n) is 16.7. The maximum Gasteiger partial charge on any atom is 0.359 e. The van der Waals surface area contributed by atoms with Gasteiger partial charge in [0.15, 0.2) is 12.3 Å². The second-order valence-electron chi connectivity index (χ2n) is 6.85. The number of ether oxygens (including phenoxy) is 2. The highest BCUT2D eigenvalue weighted by molar-refractivity contribution is 5.97. The second kappa shape index (κ2) is 9.36. The lowest BCUT2D eigenvalue weighted by Crippen LogP contribution is -2.38. The molecule has 29 heavy (non-hydrogen) atoms. The van der Waals surface area contributed by atoms with Crippen molar-refractivity contribution in [2.75, 3.05) is 25.2 Å². The van der Waals surface area contributed by atoms with Crippen LogP contribution in [0, 0.1) is 0 Å². The van der Waals surface area contributed by atoms with Crippen molar-refractivity contribution in [3.05, 3.63) is 51.9 Å². The molecule has 0 radical (unpaired) electrons. The lowest BCUT2D eigenvalue weighted by Gasteiger charge is -2.29. The van der Waals surface area contributed by atoms with E-state index in [2.05, 4.69) is 5.10 Å². The molecule has 1 aromatic carbocycles. The van der Waals surface area contributed by atoms with Crippen LogP contribution in [0.3, 0.4) is 0 Å². The van der Waals surface area contributed by atoms with E-state index in [1.807, 2.05) is 19.1 Å². The molecule has 2 heterocycles. The van der Waals surface area contributed by atoms with Crippen molar-refractivity contribution in [3.63, 3.8) is 0 Å². The highest BCUT2D eigenvalue weighted by Gasteiger charge is 2.24. The first-order chi connectivity index (χ1) is 14.0. The molecular formula is C21H25N3O5. The molecule has 0 saturated heterocycles. The summed E-state index contributed by atoms with van der Waals surface area (Å²) in [5.41, 5.74) is 1.58. The average molecular weight is 399 g/mol. The number of unbranched alkanes of at least 4 members (excludes halogenated alkanes) is 1. The lowest BCUT2D eigenvalue weighted by atomic mass is 10.0. The first kappa shape index (κ1) is 20.6. The van der Waals surface area contributed by atoms with E-state index >= 15 is 0 Å². The SMILES string of the molecule is CCCCn1nc(C(=O)OCC(=O)N2CCCc3cc(OC)ccc32)ccc1=O. The Labute approximate surface area is 169 Å². The summed E-state index contributed by atoms with van der Waals surface area (Å²) in [6, 6.07) is 8.18. The molecule has 0 bridgehead atoms. The smallest absolute Gasteiger partial charge is 0.359 e. The zero-order chi connectivity index (χ0) is 20.8. The molecule has 0 aliphatic carbocycles. The number of carbonyl (C=O) groups excluding carboxylic acids is 2. The van der Waals surface area contributed by atoms with Crippen molar-refractivity contribution >= 4 is 17.6 Å². The van der Waals surface area contributed by atoms with Crippen LogP contribution in [0.15, 0.2) is 35.1 Å². The minimum atomic E-state index is -0.726. The Hall–Kier alpha value is -3.16. The summed E-state index contributed by atoms with van der Waals surface area (Å²) in [6.45, 7) is 2.61. The predicted molar refractivity (Wildman–Crippen MR) is 107 cm³/mol. The van der Waals surface area contributed by atoms with E-state index < -0.39 is 5.97 Å². The van der Waals surface area contributed by atoms with Crippen LogP contribution >= 0.6 is 0 Å². The molecule has 3 rings (SSSR count). The van der Waals surface area contributed by atoms with Crippen molar-refractivity contribution in [1.82, 2.24) is 9.78 Å². The maximum absolute atomic E-state index is 12.7. The maximum atomic E-state index is 12.7. The number of aromatic nitrogens is 2. The molecule has 8 heteroatoms. The van der Waals surface area contributed by atoms with Gasteiger partial charge in [-0.3, -0.25) is 9.59 Å². The number of benzene rings is 1. The molecule has 154 valence electrons. The number of amides is 1. The second-order valence-corrected chi connectivity index (χ2v) is 6.85. The normalized spacial score (nSPS) is 13.0. The van der Waals surface area contributed by atoms with Gasteiger partial charge in [-0.05, 0) is 49.1 Å². The standard InChI is InChI=1S/C21H25N3O5/c1-3-4-12-24-19(25)10-8-17(22-24)21(27)29-14-20(26)23-11-5-6-15-13-16(28-2)7-9-18(15)23/h7-10,13H,3-6,11-12,14H2,1-2H3. The fraction of sp³-hybridized carbons (Fsp3) is 0.429. The lowest BCUT2D eigenvalue weighted by molar-refractivity contribution is -0.121. The third kappa shape index (κ3) is 4.82. The van der Waals surface area contributed by atoms with Crippen LogP contribution in [0.5, 0.6) is 5.75 Å². The van der Waals surface area contributed by atoms with E-state index in [1.165, 1.54) is 16.8 Å². The molecule has 1 aliphatic heterocycles. The van der Waals surface area contributed by atoms with Crippen LogP contribution in [0.4, 0.5) is 5.69 Å². The molecule has 0 fully saturated rings. The van der Waals surface area contributed by atoms with Crippen LogP contribution in [-0.2, 0) is 22.5 Å². The van der Waals surface area contributed by atoms with Crippen molar-refractivity contribution in [3.8, 4) is 5.75 Å². The van der Waals surface area contributed by atoms with Gasteiger partial charge in [-0.2, -0.15) is 5.10 Å². The highest BCUT2D eigenvalue weighted by Crippen LogP contribution is 2.30. The first-order valence-electron chi connectivity index (χ1n) is 9.76. The fourth-order valence-corrected chi connectivity index (χ4v) is 3.26. The highest BCUT2D eigenvalue weighted by atomic mass is 16.5. The molecule has 0 N–H and O–H groups in total. The molecule has 0 saturated carbocycles. The molecule has 0 atom stereocenters. The van der Waals surface area contributed by atoms with Crippen LogP contribution in [0.25, 0.3) is 0 Å². The Morgan fingerprint density at radius 2 is 2.03 bits per heavy atom. The van der Waals surface area contributed by atoms with Gasteiger partial charge in [-0.1, -0.05) is 13.3 Å². The van der Waals surface area contributed by atoms with E-state index in [1.54, 1.807) is 18.1 Å². The van der Waals surface area contributed by atoms with E-state index in [0.29, 0.717) is 13.1 Å². The van der Waals surface area contributed by atoms with Gasteiger partial charge >= 0.3 is 5.97 Å². The monoisotopic (exact) mass is 399 g/mol. The van der Waals surface area contributed by atoms with E-state index in [4.69, 9.17) is 9.47 Å². The molecule has 1 aliphatic rings. The summed E-state index contributed by atoms with van der Waals surface area (Å²) in [7, 11) is 1.60. The summed E-state index contributed by atoms with van der Waals surface area (Å²) >= 11 is 0. The number of fused-ring (bicyclic) bond motifs is 1. The zero-order valence-corrected chi connectivity index (χ0v) is 16.7. The molecule has 2 aromatic rings. The Kier molecular flexibility index (Phi) is 6.64. The summed E-state index contributed by atoms with van der Waals surface area (Å²) in [4.78, 5) is 38.4. The van der Waals surface area contributed by atoms with Crippen molar-refractivity contribution in [1.29, 1.82) is 0 Å². The number of nitrogens with zero attached hydrogens (tertiary/aromatic N) is 3. The largest absolute Gasteiger partial charge is 0.497 e. The number of rotatable bonds is 7. The van der Waals surface area contributed by atoms with Crippen LogP contribution < -0.4 is 15.2 Å². The van der Waals surface area contributed by atoms with Crippen molar-refractivity contribution < 1.29 is 19.1 Å². The Morgan fingerprint density at radius 3 is 2.79 bits per heavy atom. The third-order valence-electron chi connectivity index (χ3n) is 4.83. The number of methoxy groups -OCH3 is 1. The molecular weight excluding hydrogens is 374 g/mol. The van der Waals surface area contributed by atoms with Gasteiger partial charge in [0.1, 0.15) is 5.75 Å². The van der Waals surface area contributed by atoms with Crippen LogP contribution in [0.1, 0.15) is 42.2 Å². The van der Waals surface area contributed by atoms with Crippen molar-refractivity contribution in [2.24, 2.45) is 0 Å². The Balaban J connectivity index is 1.66. The topological polar surface area (TPSA) is 90.7 Å². The molecule has 1 aromatic heterocycles. The molecule has 0 spiro atoms. The number of hydrogen-bond donors (Lipinski definition) is 0. The average Bonchev–Trinajstić information content (AvgIpc) is 2.75. The number of esters is 1. The molecule has 0 unspecified atom stereocenters. The summed E-state index contributed by atoms with van der Waals surface area (Å²) in [5, 5.41) is 4.05. The summed E-state index contributed by atoms with van der Waals surface area (Å²) in [6.07, 6.45) is 3.37. The van der Waals surface area contributed by atoms with Crippen LogP contribution in [0.2, 0.25) is 0 Å². The van der Waals surface area contributed by atoms with E-state index in [9.17, 15) is 14.4 Å². The van der Waals surface area contributed by atoms with Gasteiger partial charge < -0.3 is 14.4 Å². The quantitative estimate of drug-likeness (QED) is 0.663. The van der Waals surface area contributed by atoms with Gasteiger partial charge in [-0.15, -0.1) is 0 Å². The van der Waals surface area contributed by atoms with Crippen molar-refractivity contribution in [2.45, 2.75) is 39.2 Å². The van der Waals surface area contributed by atoms with Gasteiger partial charge in [-0.25, -0.2) is 9.48 Å². The number of aryl methyl sites for hydroxylation is 2. The van der Waals surface area contributed by atoms with Gasteiger partial charge in [0.05, 0.1) is 7.11 Å². The minimum absolute atomic E-state index is 0.0114. The van der Waals surface area contributed by atoms with Gasteiger partial charge in [0, 0.05) is 24.8 Å². The summed E-state index contributed by atoms with van der Waals surface area (Å²) in [5.74, 6) is -0.284. The predicted octanol–water partition coefficient (Wildman–Crippen LogP) is 2.19. The fourth-order valence-electron chi connectivity index (χ4n) is 3.26. The van der Waals surface area contributed by atoms with Gasteiger partial charge in [0.2, 0.25) is 0 Å². The number of hydrogen-bond acceptors (Lipinski definition) is 6. The first-order valence-corrected chi connectivity index (χ1v) is 9.76. The van der Waals surface area contributed by atoms with Crippen LogP contribution in [-0.4, -0.2) is 41.9 Å². The Morgan fingerprint density at radius 1 is 1.21 bits per heavy atom. The number of anilines is 1. The number of carbonyl (C=O) groups is 2.